The summed E-state index contributed by atoms with van der Waals surface area (Å²) in [6.45, 7) is 0. The lowest BCUT2D eigenvalue weighted by atomic mass is 9.79. The second kappa shape index (κ2) is 10.3. The molecule has 40 heavy (non-hydrogen) atoms. The summed E-state index contributed by atoms with van der Waals surface area (Å²) in [6.07, 6.45) is -8.83. The molecule has 2 amide bonds. The van der Waals surface area contributed by atoms with Gasteiger partial charge in [-0.3, -0.25) is 4.98 Å². The highest BCUT2D eigenvalue weighted by Gasteiger charge is 2.66. The Balaban J connectivity index is 1.71. The minimum Gasteiger partial charge on any atom is -0.421 e. The summed E-state index contributed by atoms with van der Waals surface area (Å²) in [4.78, 5) is 17.7. The van der Waals surface area contributed by atoms with Gasteiger partial charge in [0.2, 0.25) is 0 Å². The van der Waals surface area contributed by atoms with E-state index in [9.17, 15) is 26.7 Å². The number of nitrogens with one attached hydrogen (secondary N) is 2. The maximum atomic E-state index is 14.4. The Morgan fingerprint density at radius 2 is 1.62 bits per heavy atom. The van der Waals surface area contributed by atoms with E-state index in [1.165, 1.54) is 48.7 Å². The number of nitrogens with zero attached hydrogens (tertiary/aromatic N) is 1. The fourth-order valence-corrected chi connectivity index (χ4v) is 4.49. The van der Waals surface area contributed by atoms with Crippen LogP contribution >= 0.6 is 11.6 Å². The Bertz CT molecular complexity index is 1540. The normalized spacial score (nSPS) is 16.4. The van der Waals surface area contributed by atoms with Gasteiger partial charge in [0.15, 0.2) is 11.5 Å². The van der Waals surface area contributed by atoms with Crippen LogP contribution in [0.15, 0.2) is 91.1 Å². The van der Waals surface area contributed by atoms with Gasteiger partial charge in [-0.2, -0.15) is 17.6 Å². The van der Waals surface area contributed by atoms with Gasteiger partial charge in [0.25, 0.3) is 0 Å². The van der Waals surface area contributed by atoms with E-state index in [-0.39, 0.29) is 28.4 Å². The van der Waals surface area contributed by atoms with Crippen LogP contribution in [0.5, 0.6) is 11.5 Å². The van der Waals surface area contributed by atoms with E-state index in [4.69, 9.17) is 11.6 Å². The lowest BCUT2D eigenvalue weighted by Crippen LogP contribution is -2.54. The van der Waals surface area contributed by atoms with Crippen LogP contribution in [0, 0.1) is 5.82 Å². The van der Waals surface area contributed by atoms with Crippen LogP contribution in [-0.2, 0) is 12.0 Å². The average molecular weight is 576 g/mol. The molecular formula is C28H19ClF5N3O3. The molecule has 1 aromatic heterocycles. The van der Waals surface area contributed by atoms with E-state index in [1.54, 1.807) is 30.3 Å². The summed E-state index contributed by atoms with van der Waals surface area (Å²) in [5.41, 5.74) is -1.17. The first-order valence-corrected chi connectivity index (χ1v) is 12.1. The van der Waals surface area contributed by atoms with Crippen LogP contribution in [0.2, 0.25) is 5.02 Å². The molecule has 12 heteroatoms. The van der Waals surface area contributed by atoms with Crippen molar-refractivity contribution in [2.45, 2.75) is 24.2 Å². The van der Waals surface area contributed by atoms with Gasteiger partial charge in [-0.15, -0.1) is 0 Å². The van der Waals surface area contributed by atoms with Crippen molar-refractivity contribution in [1.29, 1.82) is 0 Å². The zero-order valence-corrected chi connectivity index (χ0v) is 21.1. The van der Waals surface area contributed by atoms with Crippen molar-refractivity contribution in [3.63, 3.8) is 0 Å². The smallest absolute Gasteiger partial charge is 0.421 e. The number of amides is 2. The molecule has 1 aliphatic rings. The monoisotopic (exact) mass is 575 g/mol. The molecule has 0 fully saturated rings. The number of ether oxygens (including phenoxy) is 2. The largest absolute Gasteiger partial charge is 0.507 e. The standard InChI is InChI=1S/C28H19ClF5N3O3/c29-18-12-13-23(35-16-18)26(15-17-6-2-1-3-7-17,37-25(38)36-20-9-4-8-19(30)14-20)21-10-5-11-22-24(21)40-28(33,34)27(31,32)39-22/h1-14,16H,15H2,(H2,36,37,38)/t26-/m1/s1. The first kappa shape index (κ1) is 27.2. The molecule has 2 N–H and O–H groups in total. The number of carbonyl (C=O) groups excluding carboxylic acids is 1. The Kier molecular flexibility index (Phi) is 7.01. The number of hydrogen-bond acceptors (Lipinski definition) is 4. The first-order valence-electron chi connectivity index (χ1n) is 11.8. The van der Waals surface area contributed by atoms with Gasteiger partial charge in [0, 0.05) is 23.9 Å². The van der Waals surface area contributed by atoms with Crippen molar-refractivity contribution >= 4 is 23.3 Å². The molecule has 1 atom stereocenters. The van der Waals surface area contributed by atoms with Gasteiger partial charge < -0.3 is 20.1 Å². The molecule has 206 valence electrons. The fourth-order valence-electron chi connectivity index (χ4n) is 4.37. The molecule has 0 saturated heterocycles. The average Bonchev–Trinajstić information content (AvgIpc) is 2.89. The number of fused-ring (bicyclic) bond motifs is 1. The molecule has 0 aliphatic carbocycles. The summed E-state index contributed by atoms with van der Waals surface area (Å²) in [7, 11) is 0. The van der Waals surface area contributed by atoms with Crippen molar-refractivity contribution in [1.82, 2.24) is 10.3 Å². The Hall–Kier alpha value is -4.38. The summed E-state index contributed by atoms with van der Waals surface area (Å²) in [5.74, 6) is -2.01. The molecule has 0 bridgehead atoms. The second-order valence-electron chi connectivity index (χ2n) is 8.89. The number of urea groups is 1. The molecule has 1 aliphatic heterocycles. The number of halogens is 6. The van der Waals surface area contributed by atoms with Gasteiger partial charge in [0.05, 0.1) is 10.7 Å². The number of pyridine rings is 1. The topological polar surface area (TPSA) is 72.5 Å². The second-order valence-corrected chi connectivity index (χ2v) is 9.33. The van der Waals surface area contributed by atoms with Gasteiger partial charge in [-0.1, -0.05) is 60.1 Å². The molecule has 5 rings (SSSR count). The third kappa shape index (κ3) is 5.24. The van der Waals surface area contributed by atoms with Crippen LogP contribution in [0.1, 0.15) is 16.8 Å². The highest BCUT2D eigenvalue weighted by molar-refractivity contribution is 6.30. The highest BCUT2D eigenvalue weighted by atomic mass is 35.5. The number of hydrogen-bond donors (Lipinski definition) is 2. The zero-order valence-electron chi connectivity index (χ0n) is 20.3. The van der Waals surface area contributed by atoms with E-state index in [0.717, 1.165) is 12.1 Å². The van der Waals surface area contributed by atoms with E-state index in [1.807, 2.05) is 0 Å². The maximum absolute atomic E-state index is 14.4. The van der Waals surface area contributed by atoms with Crippen molar-refractivity contribution < 1.29 is 36.2 Å². The summed E-state index contributed by atoms with van der Waals surface area (Å²) >= 11 is 6.06. The van der Waals surface area contributed by atoms with E-state index >= 15 is 0 Å². The number of para-hydroxylation sites is 1. The fraction of sp³-hybridized carbons (Fsp3) is 0.143. The first-order chi connectivity index (χ1) is 19.0. The van der Waals surface area contributed by atoms with Gasteiger partial charge in [-0.25, -0.2) is 9.18 Å². The number of anilines is 1. The third-order valence-electron chi connectivity index (χ3n) is 6.13. The maximum Gasteiger partial charge on any atom is 0.507 e. The van der Waals surface area contributed by atoms with E-state index < -0.39 is 41.1 Å². The lowest BCUT2D eigenvalue weighted by molar-refractivity contribution is -0.391. The summed E-state index contributed by atoms with van der Waals surface area (Å²) in [6, 6.07) is 19.4. The van der Waals surface area contributed by atoms with Crippen molar-refractivity contribution in [3.8, 4) is 11.5 Å². The molecule has 3 aromatic carbocycles. The number of benzene rings is 3. The molecule has 0 spiro atoms. The molecule has 4 aromatic rings. The lowest BCUT2D eigenvalue weighted by Gasteiger charge is -2.39. The van der Waals surface area contributed by atoms with Crippen molar-refractivity contribution in [2.24, 2.45) is 0 Å². The molecule has 0 unspecified atom stereocenters. The molecule has 0 saturated carbocycles. The third-order valence-corrected chi connectivity index (χ3v) is 6.36. The quantitative estimate of drug-likeness (QED) is 0.240. The minimum atomic E-state index is -5.04. The predicted molar refractivity (Wildman–Crippen MR) is 136 cm³/mol. The summed E-state index contributed by atoms with van der Waals surface area (Å²) in [5, 5.41) is 5.49. The molecular weight excluding hydrogens is 557 g/mol. The molecule has 6 nitrogen and oxygen atoms in total. The van der Waals surface area contributed by atoms with Crippen LogP contribution in [-0.4, -0.2) is 23.2 Å². The predicted octanol–water partition coefficient (Wildman–Crippen LogP) is 7.14. The number of alkyl halides is 4. The number of aromatic nitrogens is 1. The minimum absolute atomic E-state index is 0.0935. The Morgan fingerprint density at radius 3 is 2.33 bits per heavy atom. The highest BCUT2D eigenvalue weighted by Crippen LogP contribution is 2.51. The van der Waals surface area contributed by atoms with Crippen LogP contribution in [0.3, 0.4) is 0 Å². The van der Waals surface area contributed by atoms with E-state index in [2.05, 4.69) is 25.1 Å². The van der Waals surface area contributed by atoms with Crippen LogP contribution in [0.25, 0.3) is 0 Å². The van der Waals surface area contributed by atoms with Crippen LogP contribution < -0.4 is 20.1 Å². The Labute approximate surface area is 229 Å². The molecule has 0 radical (unpaired) electrons. The van der Waals surface area contributed by atoms with Gasteiger partial charge >= 0.3 is 18.2 Å². The number of rotatable bonds is 6. The van der Waals surface area contributed by atoms with Gasteiger partial charge in [0.1, 0.15) is 11.4 Å². The van der Waals surface area contributed by atoms with Crippen LogP contribution in [0.4, 0.5) is 32.4 Å². The van der Waals surface area contributed by atoms with Gasteiger partial charge in [-0.05, 0) is 42.0 Å². The van der Waals surface area contributed by atoms with Crippen molar-refractivity contribution in [2.75, 3.05) is 5.32 Å². The van der Waals surface area contributed by atoms with Crippen molar-refractivity contribution in [3.05, 3.63) is 119 Å². The number of carbonyl (C=O) groups is 1. The Morgan fingerprint density at radius 1 is 0.900 bits per heavy atom. The zero-order chi connectivity index (χ0) is 28.5. The van der Waals surface area contributed by atoms with E-state index in [0.29, 0.717) is 5.56 Å². The molecule has 2 heterocycles. The SMILES string of the molecule is O=C(Nc1cccc(F)c1)N[C@@](Cc1ccccc1)(c1ccc(Cl)cn1)c1cccc2c1OC(F)(F)C(F)(F)O2. The summed E-state index contributed by atoms with van der Waals surface area (Å²) < 4.78 is 79.7.